The zero-order valence-electron chi connectivity index (χ0n) is 8.06. The molecule has 0 saturated carbocycles. The van der Waals surface area contributed by atoms with Crippen LogP contribution in [-0.2, 0) is 9.53 Å². The summed E-state index contributed by atoms with van der Waals surface area (Å²) >= 11 is 0. The predicted molar refractivity (Wildman–Crippen MR) is 50.2 cm³/mol. The van der Waals surface area contributed by atoms with Crippen LogP contribution in [0.5, 0.6) is 0 Å². The smallest absolute Gasteiger partial charge is 0.139 e. The maximum atomic E-state index is 11.1. The van der Waals surface area contributed by atoms with Gasteiger partial charge in [0, 0.05) is 19.4 Å². The van der Waals surface area contributed by atoms with Crippen LogP contribution in [0.3, 0.4) is 0 Å². The van der Waals surface area contributed by atoms with Gasteiger partial charge in [-0.15, -0.1) is 0 Å². The van der Waals surface area contributed by atoms with Crippen LogP contribution >= 0.6 is 0 Å². The van der Waals surface area contributed by atoms with Crippen molar-refractivity contribution in [3.05, 3.63) is 12.2 Å². The lowest BCUT2D eigenvalue weighted by molar-refractivity contribution is -0.119. The van der Waals surface area contributed by atoms with Gasteiger partial charge in [-0.2, -0.15) is 0 Å². The monoisotopic (exact) mass is 170 g/mol. The van der Waals surface area contributed by atoms with Gasteiger partial charge in [0.1, 0.15) is 5.78 Å². The summed E-state index contributed by atoms with van der Waals surface area (Å²) in [5.74, 6) is 0.232. The molecule has 0 aromatic rings. The highest BCUT2D eigenvalue weighted by atomic mass is 16.5. The molecule has 0 aromatic heterocycles. The Morgan fingerprint density at radius 2 is 2.08 bits per heavy atom. The van der Waals surface area contributed by atoms with Crippen molar-refractivity contribution in [1.82, 2.24) is 0 Å². The third-order valence-corrected chi connectivity index (χ3v) is 1.68. The van der Waals surface area contributed by atoms with Gasteiger partial charge in [-0.25, -0.2) is 0 Å². The van der Waals surface area contributed by atoms with E-state index >= 15 is 0 Å². The molecule has 12 heavy (non-hydrogen) atoms. The number of ether oxygens (including phenoxy) is 1. The standard InChI is InChI=1S/C10H18O2/c1-4-9(3)8-10(11)6-7-12-5-2/h3-8H2,1-2H3. The highest BCUT2D eigenvalue weighted by molar-refractivity contribution is 5.80. The van der Waals surface area contributed by atoms with Crippen molar-refractivity contribution < 1.29 is 9.53 Å². The molecule has 0 aromatic carbocycles. The van der Waals surface area contributed by atoms with E-state index in [0.717, 1.165) is 12.0 Å². The molecule has 2 nitrogen and oxygen atoms in total. The molecule has 0 aliphatic carbocycles. The van der Waals surface area contributed by atoms with Crippen LogP contribution in [0.1, 0.15) is 33.1 Å². The average molecular weight is 170 g/mol. The fourth-order valence-electron chi connectivity index (χ4n) is 0.823. The summed E-state index contributed by atoms with van der Waals surface area (Å²) in [6.07, 6.45) is 1.93. The number of allylic oxidation sites excluding steroid dienone is 1. The number of hydrogen-bond acceptors (Lipinski definition) is 2. The molecule has 0 aliphatic heterocycles. The van der Waals surface area contributed by atoms with Crippen LogP contribution in [0.2, 0.25) is 0 Å². The van der Waals surface area contributed by atoms with Gasteiger partial charge in [-0.05, 0) is 13.3 Å². The number of rotatable bonds is 7. The highest BCUT2D eigenvalue weighted by Gasteiger charge is 2.02. The maximum Gasteiger partial charge on any atom is 0.139 e. The second kappa shape index (κ2) is 7.04. The molecule has 0 rings (SSSR count). The SMILES string of the molecule is C=C(CC)CC(=O)CCOCC. The molecule has 0 N–H and O–H groups in total. The topological polar surface area (TPSA) is 26.3 Å². The molecule has 0 saturated heterocycles. The highest BCUT2D eigenvalue weighted by Crippen LogP contribution is 2.05. The third kappa shape index (κ3) is 6.10. The van der Waals surface area contributed by atoms with E-state index < -0.39 is 0 Å². The fourth-order valence-corrected chi connectivity index (χ4v) is 0.823. The van der Waals surface area contributed by atoms with Crippen LogP contribution in [0.15, 0.2) is 12.2 Å². The molecule has 2 heteroatoms. The first-order valence-corrected chi connectivity index (χ1v) is 4.46. The van der Waals surface area contributed by atoms with Crippen molar-refractivity contribution in [2.75, 3.05) is 13.2 Å². The molecule has 0 bridgehead atoms. The van der Waals surface area contributed by atoms with Gasteiger partial charge in [0.25, 0.3) is 0 Å². The minimum atomic E-state index is 0.232. The Hall–Kier alpha value is -0.630. The Kier molecular flexibility index (Phi) is 6.67. The van der Waals surface area contributed by atoms with Crippen LogP contribution in [0.25, 0.3) is 0 Å². The van der Waals surface area contributed by atoms with Gasteiger partial charge in [0.2, 0.25) is 0 Å². The first kappa shape index (κ1) is 11.4. The molecule has 0 atom stereocenters. The van der Waals surface area contributed by atoms with Crippen LogP contribution in [0, 0.1) is 0 Å². The van der Waals surface area contributed by atoms with Crippen molar-refractivity contribution in [2.45, 2.75) is 33.1 Å². The average Bonchev–Trinajstić information content (AvgIpc) is 2.05. The number of carbonyl (C=O) groups is 1. The van der Waals surface area contributed by atoms with Gasteiger partial charge in [-0.1, -0.05) is 19.1 Å². The first-order chi connectivity index (χ1) is 5.70. The molecule has 0 spiro atoms. The summed E-state index contributed by atoms with van der Waals surface area (Å²) in [5.41, 5.74) is 1.01. The van der Waals surface area contributed by atoms with Crippen molar-refractivity contribution in [3.8, 4) is 0 Å². The molecule has 70 valence electrons. The summed E-state index contributed by atoms with van der Waals surface area (Å²) < 4.78 is 5.07. The summed E-state index contributed by atoms with van der Waals surface area (Å²) in [5, 5.41) is 0. The number of Topliss-reactive ketones (excluding diaryl/α,β-unsaturated/α-hetero) is 1. The zero-order chi connectivity index (χ0) is 9.40. The van der Waals surface area contributed by atoms with Crippen LogP contribution in [-0.4, -0.2) is 19.0 Å². The van der Waals surface area contributed by atoms with E-state index in [-0.39, 0.29) is 5.78 Å². The van der Waals surface area contributed by atoms with Crippen LogP contribution in [0.4, 0.5) is 0 Å². The first-order valence-electron chi connectivity index (χ1n) is 4.46. The van der Waals surface area contributed by atoms with Crippen molar-refractivity contribution in [1.29, 1.82) is 0 Å². The summed E-state index contributed by atoms with van der Waals surface area (Å²) in [4.78, 5) is 11.1. The van der Waals surface area contributed by atoms with Crippen LogP contribution < -0.4 is 0 Å². The Labute approximate surface area is 74.6 Å². The summed E-state index contributed by atoms with van der Waals surface area (Å²) in [6, 6.07) is 0. The maximum absolute atomic E-state index is 11.1. The molecular formula is C10H18O2. The van der Waals surface area contributed by atoms with E-state index in [9.17, 15) is 4.79 Å². The lowest BCUT2D eigenvalue weighted by Crippen LogP contribution is -2.04. The molecule has 0 unspecified atom stereocenters. The quantitative estimate of drug-likeness (QED) is 0.433. The minimum Gasteiger partial charge on any atom is -0.381 e. The van der Waals surface area contributed by atoms with E-state index in [4.69, 9.17) is 4.74 Å². The molecular weight excluding hydrogens is 152 g/mol. The van der Waals surface area contributed by atoms with E-state index in [1.54, 1.807) is 0 Å². The van der Waals surface area contributed by atoms with Gasteiger partial charge >= 0.3 is 0 Å². The molecule has 0 aliphatic rings. The zero-order valence-corrected chi connectivity index (χ0v) is 8.06. The van der Waals surface area contributed by atoms with Gasteiger partial charge < -0.3 is 4.74 Å². The van der Waals surface area contributed by atoms with E-state index in [2.05, 4.69) is 6.58 Å². The summed E-state index contributed by atoms with van der Waals surface area (Å²) in [6.45, 7) is 8.95. The second-order valence-corrected chi connectivity index (χ2v) is 2.77. The van der Waals surface area contributed by atoms with E-state index in [0.29, 0.717) is 26.1 Å². The van der Waals surface area contributed by atoms with Gasteiger partial charge in [0.15, 0.2) is 0 Å². The predicted octanol–water partition coefficient (Wildman–Crippen LogP) is 2.34. The van der Waals surface area contributed by atoms with Crippen molar-refractivity contribution in [2.24, 2.45) is 0 Å². The number of carbonyl (C=O) groups excluding carboxylic acids is 1. The largest absolute Gasteiger partial charge is 0.381 e. The third-order valence-electron chi connectivity index (χ3n) is 1.68. The normalized spacial score (nSPS) is 9.83. The minimum absolute atomic E-state index is 0.232. The Balaban J connectivity index is 3.40. The molecule has 0 radical (unpaired) electrons. The number of hydrogen-bond donors (Lipinski definition) is 0. The Morgan fingerprint density at radius 3 is 2.58 bits per heavy atom. The fraction of sp³-hybridized carbons (Fsp3) is 0.700. The Bertz CT molecular complexity index is 150. The van der Waals surface area contributed by atoms with Crippen molar-refractivity contribution in [3.63, 3.8) is 0 Å². The lowest BCUT2D eigenvalue weighted by atomic mass is 10.1. The second-order valence-electron chi connectivity index (χ2n) is 2.77. The van der Waals surface area contributed by atoms with E-state index in [1.807, 2.05) is 13.8 Å². The van der Waals surface area contributed by atoms with Gasteiger partial charge in [0.05, 0.1) is 6.61 Å². The van der Waals surface area contributed by atoms with Crippen molar-refractivity contribution >= 4 is 5.78 Å². The summed E-state index contributed by atoms with van der Waals surface area (Å²) in [7, 11) is 0. The van der Waals surface area contributed by atoms with Gasteiger partial charge in [-0.3, -0.25) is 4.79 Å². The molecule has 0 heterocycles. The molecule has 0 fully saturated rings. The lowest BCUT2D eigenvalue weighted by Gasteiger charge is -2.01. The Morgan fingerprint density at radius 1 is 1.42 bits per heavy atom. The molecule has 0 amide bonds. The van der Waals surface area contributed by atoms with E-state index in [1.165, 1.54) is 0 Å². The number of ketones is 1.